The molecular formula is C19H24N2O2. The number of ether oxygens (including phenoxy) is 1. The minimum absolute atomic E-state index is 0.101. The van der Waals surface area contributed by atoms with Gasteiger partial charge in [-0.05, 0) is 56.2 Å². The molecule has 4 nitrogen and oxygen atoms in total. The summed E-state index contributed by atoms with van der Waals surface area (Å²) in [5.41, 5.74) is 8.21. The van der Waals surface area contributed by atoms with Crippen molar-refractivity contribution < 1.29 is 9.53 Å². The van der Waals surface area contributed by atoms with E-state index in [0.29, 0.717) is 12.1 Å². The monoisotopic (exact) mass is 312 g/mol. The minimum atomic E-state index is -0.104. The van der Waals surface area contributed by atoms with Crippen LogP contribution in [0.15, 0.2) is 48.5 Å². The average Bonchev–Trinajstić information content (AvgIpc) is 2.54. The lowest BCUT2D eigenvalue weighted by Gasteiger charge is -2.16. The van der Waals surface area contributed by atoms with Crippen molar-refractivity contribution in [1.82, 2.24) is 5.32 Å². The van der Waals surface area contributed by atoms with Gasteiger partial charge in [-0.25, -0.2) is 0 Å². The summed E-state index contributed by atoms with van der Waals surface area (Å²) in [4.78, 5) is 12.3. The van der Waals surface area contributed by atoms with E-state index in [4.69, 9.17) is 10.5 Å². The molecule has 0 bridgehead atoms. The van der Waals surface area contributed by atoms with E-state index in [1.165, 1.54) is 0 Å². The quantitative estimate of drug-likeness (QED) is 0.859. The van der Waals surface area contributed by atoms with Crippen LogP contribution in [0.25, 0.3) is 0 Å². The van der Waals surface area contributed by atoms with Crippen molar-refractivity contribution in [2.24, 2.45) is 5.73 Å². The zero-order chi connectivity index (χ0) is 16.8. The fourth-order valence-corrected chi connectivity index (χ4v) is 2.28. The normalized spacial score (nSPS) is 12.0. The van der Waals surface area contributed by atoms with Crippen LogP contribution in [-0.4, -0.2) is 12.0 Å². The highest BCUT2D eigenvalue weighted by atomic mass is 16.5. The number of hydrogen-bond donors (Lipinski definition) is 2. The van der Waals surface area contributed by atoms with E-state index < -0.39 is 0 Å². The van der Waals surface area contributed by atoms with E-state index in [1.807, 2.05) is 57.2 Å². The maximum Gasteiger partial charge on any atom is 0.251 e. The number of rotatable bonds is 6. The maximum atomic E-state index is 12.3. The molecule has 0 heterocycles. The molecule has 0 fully saturated rings. The molecule has 0 aliphatic heterocycles. The van der Waals surface area contributed by atoms with Crippen LogP contribution in [0, 0.1) is 0 Å². The van der Waals surface area contributed by atoms with Crippen molar-refractivity contribution in [3.05, 3.63) is 65.2 Å². The molecule has 2 aromatic carbocycles. The summed E-state index contributed by atoms with van der Waals surface area (Å²) in [6.45, 7) is 6.41. The zero-order valence-corrected chi connectivity index (χ0v) is 13.9. The van der Waals surface area contributed by atoms with Gasteiger partial charge in [-0.15, -0.1) is 0 Å². The van der Waals surface area contributed by atoms with Crippen LogP contribution >= 0.6 is 0 Å². The van der Waals surface area contributed by atoms with E-state index in [9.17, 15) is 4.79 Å². The summed E-state index contributed by atoms with van der Waals surface area (Å²) in [6, 6.07) is 15.0. The number of benzene rings is 2. The Balaban J connectivity index is 2.05. The first-order valence-electron chi connectivity index (χ1n) is 7.86. The van der Waals surface area contributed by atoms with Gasteiger partial charge < -0.3 is 15.8 Å². The molecule has 0 saturated carbocycles. The van der Waals surface area contributed by atoms with Gasteiger partial charge in [0.1, 0.15) is 5.75 Å². The molecule has 0 saturated heterocycles. The third-order valence-corrected chi connectivity index (χ3v) is 3.53. The van der Waals surface area contributed by atoms with Gasteiger partial charge in [0.05, 0.1) is 12.1 Å². The topological polar surface area (TPSA) is 64.3 Å². The van der Waals surface area contributed by atoms with Crippen LogP contribution in [0.1, 0.15) is 48.3 Å². The van der Waals surface area contributed by atoms with E-state index >= 15 is 0 Å². The number of carbonyl (C=O) groups is 1. The van der Waals surface area contributed by atoms with Crippen molar-refractivity contribution in [3.8, 4) is 5.75 Å². The standard InChI is InChI=1S/C19H24N2O2/c1-13(2)23-18-6-4-5-17(11-18)14(3)21-19(22)16-9-7-15(12-20)8-10-16/h4-11,13-14H,12,20H2,1-3H3,(H,21,22). The van der Waals surface area contributed by atoms with Crippen LogP contribution in [0.2, 0.25) is 0 Å². The minimum Gasteiger partial charge on any atom is -0.491 e. The first-order valence-corrected chi connectivity index (χ1v) is 7.86. The first-order chi connectivity index (χ1) is 11.0. The predicted molar refractivity (Wildman–Crippen MR) is 92.4 cm³/mol. The third-order valence-electron chi connectivity index (χ3n) is 3.53. The summed E-state index contributed by atoms with van der Waals surface area (Å²) < 4.78 is 5.70. The number of hydrogen-bond acceptors (Lipinski definition) is 3. The molecule has 0 aromatic heterocycles. The molecule has 0 aliphatic carbocycles. The summed E-state index contributed by atoms with van der Waals surface area (Å²) in [7, 11) is 0. The fraction of sp³-hybridized carbons (Fsp3) is 0.316. The molecule has 0 aliphatic rings. The number of carbonyl (C=O) groups excluding carboxylic acids is 1. The molecule has 0 radical (unpaired) electrons. The molecule has 122 valence electrons. The van der Waals surface area contributed by atoms with Gasteiger partial charge in [0, 0.05) is 12.1 Å². The second kappa shape index (κ2) is 7.79. The second-order valence-electron chi connectivity index (χ2n) is 5.84. The molecule has 2 aromatic rings. The molecule has 1 atom stereocenters. The van der Waals surface area contributed by atoms with Gasteiger partial charge in [-0.1, -0.05) is 24.3 Å². The molecule has 1 amide bonds. The van der Waals surface area contributed by atoms with Crippen LogP contribution < -0.4 is 15.8 Å². The van der Waals surface area contributed by atoms with Gasteiger partial charge in [-0.3, -0.25) is 4.79 Å². The van der Waals surface area contributed by atoms with Crippen molar-refractivity contribution >= 4 is 5.91 Å². The Morgan fingerprint density at radius 2 is 1.83 bits per heavy atom. The molecular weight excluding hydrogens is 288 g/mol. The van der Waals surface area contributed by atoms with Crippen molar-refractivity contribution in [2.45, 2.75) is 39.5 Å². The van der Waals surface area contributed by atoms with E-state index in [0.717, 1.165) is 16.9 Å². The predicted octanol–water partition coefficient (Wildman–Crippen LogP) is 3.42. The molecule has 1 unspecified atom stereocenters. The van der Waals surface area contributed by atoms with Gasteiger partial charge in [0.2, 0.25) is 0 Å². The van der Waals surface area contributed by atoms with Crippen LogP contribution in [0.4, 0.5) is 0 Å². The number of nitrogens with two attached hydrogens (primary N) is 1. The Morgan fingerprint density at radius 1 is 1.13 bits per heavy atom. The lowest BCUT2D eigenvalue weighted by atomic mass is 10.1. The second-order valence-corrected chi connectivity index (χ2v) is 5.84. The lowest BCUT2D eigenvalue weighted by Crippen LogP contribution is -2.26. The maximum absolute atomic E-state index is 12.3. The molecule has 3 N–H and O–H groups in total. The molecule has 0 spiro atoms. The van der Waals surface area contributed by atoms with Crippen LogP contribution in [0.5, 0.6) is 5.75 Å². The SMILES string of the molecule is CC(C)Oc1cccc(C(C)NC(=O)c2ccc(CN)cc2)c1. The van der Waals surface area contributed by atoms with E-state index in [2.05, 4.69) is 5.32 Å². The smallest absolute Gasteiger partial charge is 0.251 e. The highest BCUT2D eigenvalue weighted by Gasteiger charge is 2.12. The Morgan fingerprint density at radius 3 is 2.43 bits per heavy atom. The molecule has 23 heavy (non-hydrogen) atoms. The summed E-state index contributed by atoms with van der Waals surface area (Å²) in [5.74, 6) is 0.710. The van der Waals surface area contributed by atoms with Gasteiger partial charge in [-0.2, -0.15) is 0 Å². The van der Waals surface area contributed by atoms with Gasteiger partial charge in [0.25, 0.3) is 5.91 Å². The number of nitrogens with one attached hydrogen (secondary N) is 1. The van der Waals surface area contributed by atoms with E-state index in [1.54, 1.807) is 12.1 Å². The zero-order valence-electron chi connectivity index (χ0n) is 13.9. The fourth-order valence-electron chi connectivity index (χ4n) is 2.28. The summed E-state index contributed by atoms with van der Waals surface area (Å²) in [5, 5.41) is 3.00. The Kier molecular flexibility index (Phi) is 5.77. The van der Waals surface area contributed by atoms with Crippen LogP contribution in [0.3, 0.4) is 0 Å². The Hall–Kier alpha value is -2.33. The number of amides is 1. The molecule has 4 heteroatoms. The third kappa shape index (κ3) is 4.83. The van der Waals surface area contributed by atoms with E-state index in [-0.39, 0.29) is 18.1 Å². The van der Waals surface area contributed by atoms with Crippen molar-refractivity contribution in [3.63, 3.8) is 0 Å². The average molecular weight is 312 g/mol. The summed E-state index contributed by atoms with van der Waals surface area (Å²) >= 11 is 0. The van der Waals surface area contributed by atoms with Gasteiger partial charge in [0.15, 0.2) is 0 Å². The van der Waals surface area contributed by atoms with Crippen molar-refractivity contribution in [1.29, 1.82) is 0 Å². The first kappa shape index (κ1) is 17.0. The van der Waals surface area contributed by atoms with Crippen LogP contribution in [-0.2, 0) is 6.54 Å². The highest BCUT2D eigenvalue weighted by Crippen LogP contribution is 2.20. The Bertz CT molecular complexity index is 651. The van der Waals surface area contributed by atoms with Gasteiger partial charge >= 0.3 is 0 Å². The highest BCUT2D eigenvalue weighted by molar-refractivity contribution is 5.94. The molecule has 2 rings (SSSR count). The Labute approximate surface area is 137 Å². The largest absolute Gasteiger partial charge is 0.491 e. The summed E-state index contributed by atoms with van der Waals surface area (Å²) in [6.07, 6.45) is 0.121. The lowest BCUT2D eigenvalue weighted by molar-refractivity contribution is 0.0939. The van der Waals surface area contributed by atoms with Crippen molar-refractivity contribution in [2.75, 3.05) is 0 Å².